The summed E-state index contributed by atoms with van der Waals surface area (Å²) in [6.45, 7) is 1.68. The smallest absolute Gasteiger partial charge is 0.164 e. The van der Waals surface area contributed by atoms with Crippen molar-refractivity contribution in [1.82, 2.24) is 0 Å². The first-order valence-corrected chi connectivity index (χ1v) is 5.54. The van der Waals surface area contributed by atoms with Crippen molar-refractivity contribution in [2.24, 2.45) is 0 Å². The maximum absolute atomic E-state index is 13.5. The van der Waals surface area contributed by atoms with E-state index in [9.17, 15) is 13.2 Å². The average Bonchev–Trinajstić information content (AvgIpc) is 2.32. The summed E-state index contributed by atoms with van der Waals surface area (Å²) < 4.78 is 39.6. The van der Waals surface area contributed by atoms with Crippen LogP contribution in [0.4, 0.5) is 18.9 Å². The highest BCUT2D eigenvalue weighted by Gasteiger charge is 2.14. The molecule has 0 heterocycles. The van der Waals surface area contributed by atoms with Crippen molar-refractivity contribution in [3.63, 3.8) is 0 Å². The molecule has 4 heteroatoms. The fourth-order valence-electron chi connectivity index (χ4n) is 1.76. The van der Waals surface area contributed by atoms with Crippen molar-refractivity contribution in [2.45, 2.75) is 13.0 Å². The SMILES string of the molecule is CC(Nc1cccc(F)c1)c1cccc(F)c1F. The first kappa shape index (κ1) is 12.5. The Bertz CT molecular complexity index is 554. The third-order valence-corrected chi connectivity index (χ3v) is 2.66. The van der Waals surface area contributed by atoms with Crippen LogP contribution in [0.25, 0.3) is 0 Å². The van der Waals surface area contributed by atoms with E-state index < -0.39 is 17.7 Å². The lowest BCUT2D eigenvalue weighted by atomic mass is 10.1. The summed E-state index contributed by atoms with van der Waals surface area (Å²) in [4.78, 5) is 0. The van der Waals surface area contributed by atoms with Crippen LogP contribution in [0.2, 0.25) is 0 Å². The molecule has 0 radical (unpaired) electrons. The van der Waals surface area contributed by atoms with Gasteiger partial charge in [0.2, 0.25) is 0 Å². The molecule has 0 amide bonds. The van der Waals surface area contributed by atoms with E-state index in [0.29, 0.717) is 5.69 Å². The second-order valence-electron chi connectivity index (χ2n) is 4.02. The molecule has 0 saturated carbocycles. The van der Waals surface area contributed by atoms with E-state index in [0.717, 1.165) is 6.07 Å². The summed E-state index contributed by atoms with van der Waals surface area (Å²) in [6, 6.07) is 9.37. The number of anilines is 1. The summed E-state index contributed by atoms with van der Waals surface area (Å²) in [5.74, 6) is -2.15. The molecule has 1 nitrogen and oxygen atoms in total. The van der Waals surface area contributed by atoms with Crippen LogP contribution in [0, 0.1) is 17.5 Å². The Morgan fingerprint density at radius 1 is 1.00 bits per heavy atom. The molecule has 1 N–H and O–H groups in total. The van der Waals surface area contributed by atoms with Gasteiger partial charge >= 0.3 is 0 Å². The molecule has 0 bridgehead atoms. The van der Waals surface area contributed by atoms with Gasteiger partial charge in [0.15, 0.2) is 11.6 Å². The van der Waals surface area contributed by atoms with Crippen LogP contribution in [0.5, 0.6) is 0 Å². The van der Waals surface area contributed by atoms with Crippen LogP contribution in [0.15, 0.2) is 42.5 Å². The largest absolute Gasteiger partial charge is 0.378 e. The van der Waals surface area contributed by atoms with Crippen molar-refractivity contribution < 1.29 is 13.2 Å². The van der Waals surface area contributed by atoms with Gasteiger partial charge < -0.3 is 5.32 Å². The molecule has 1 atom stereocenters. The van der Waals surface area contributed by atoms with Gasteiger partial charge in [-0.2, -0.15) is 0 Å². The predicted octanol–water partition coefficient (Wildman–Crippen LogP) is 4.28. The second-order valence-corrected chi connectivity index (χ2v) is 4.02. The third kappa shape index (κ3) is 2.64. The summed E-state index contributed by atoms with van der Waals surface area (Å²) in [5, 5.41) is 2.92. The molecular weight excluding hydrogens is 239 g/mol. The van der Waals surface area contributed by atoms with E-state index in [2.05, 4.69) is 5.32 Å². The van der Waals surface area contributed by atoms with Gasteiger partial charge in [0.05, 0.1) is 6.04 Å². The summed E-state index contributed by atoms with van der Waals surface area (Å²) in [5.41, 5.74) is 0.727. The van der Waals surface area contributed by atoms with Gasteiger partial charge in [0, 0.05) is 11.3 Å². The summed E-state index contributed by atoms with van der Waals surface area (Å²) in [7, 11) is 0. The Hall–Kier alpha value is -1.97. The van der Waals surface area contributed by atoms with Crippen LogP contribution >= 0.6 is 0 Å². The molecule has 0 saturated heterocycles. The monoisotopic (exact) mass is 251 g/mol. The molecule has 0 fully saturated rings. The summed E-state index contributed by atoms with van der Waals surface area (Å²) in [6.07, 6.45) is 0. The molecular formula is C14H12F3N. The third-order valence-electron chi connectivity index (χ3n) is 2.66. The number of nitrogens with one attached hydrogen (secondary N) is 1. The lowest BCUT2D eigenvalue weighted by Crippen LogP contribution is -2.09. The van der Waals surface area contributed by atoms with Crippen molar-refractivity contribution >= 4 is 5.69 Å². The van der Waals surface area contributed by atoms with Crippen molar-refractivity contribution in [3.8, 4) is 0 Å². The quantitative estimate of drug-likeness (QED) is 0.858. The van der Waals surface area contributed by atoms with Gasteiger partial charge in [-0.25, -0.2) is 13.2 Å². The summed E-state index contributed by atoms with van der Waals surface area (Å²) >= 11 is 0. The molecule has 2 aromatic rings. The van der Waals surface area contributed by atoms with E-state index in [1.54, 1.807) is 19.1 Å². The first-order chi connectivity index (χ1) is 8.58. The van der Waals surface area contributed by atoms with Crippen molar-refractivity contribution in [2.75, 3.05) is 5.32 Å². The van der Waals surface area contributed by atoms with Crippen LogP contribution in [-0.2, 0) is 0 Å². The first-order valence-electron chi connectivity index (χ1n) is 5.54. The Morgan fingerprint density at radius 2 is 1.72 bits per heavy atom. The predicted molar refractivity (Wildman–Crippen MR) is 64.8 cm³/mol. The molecule has 1 unspecified atom stereocenters. The molecule has 0 aliphatic carbocycles. The van der Waals surface area contributed by atoms with Gasteiger partial charge in [-0.1, -0.05) is 18.2 Å². The maximum Gasteiger partial charge on any atom is 0.164 e. The normalized spacial score (nSPS) is 12.2. The standard InChI is InChI=1S/C14H12F3N/c1-9(12-6-3-7-13(16)14(12)17)18-11-5-2-4-10(15)8-11/h2-9,18H,1H3. The average molecular weight is 251 g/mol. The van der Waals surface area contributed by atoms with Crippen molar-refractivity contribution in [1.29, 1.82) is 0 Å². The van der Waals surface area contributed by atoms with Crippen LogP contribution in [0.3, 0.4) is 0 Å². The zero-order valence-corrected chi connectivity index (χ0v) is 9.75. The van der Waals surface area contributed by atoms with Crippen LogP contribution in [0.1, 0.15) is 18.5 Å². The van der Waals surface area contributed by atoms with E-state index in [4.69, 9.17) is 0 Å². The van der Waals surface area contributed by atoms with E-state index in [1.807, 2.05) is 0 Å². The Kier molecular flexibility index (Phi) is 3.55. The molecule has 0 aliphatic heterocycles. The van der Waals surface area contributed by atoms with E-state index in [-0.39, 0.29) is 11.4 Å². The highest BCUT2D eigenvalue weighted by atomic mass is 19.2. The lowest BCUT2D eigenvalue weighted by Gasteiger charge is -2.16. The van der Waals surface area contributed by atoms with Gasteiger partial charge in [-0.15, -0.1) is 0 Å². The number of hydrogen-bond donors (Lipinski definition) is 1. The van der Waals surface area contributed by atoms with Gasteiger partial charge in [-0.3, -0.25) is 0 Å². The van der Waals surface area contributed by atoms with E-state index >= 15 is 0 Å². The molecule has 2 aromatic carbocycles. The number of hydrogen-bond acceptors (Lipinski definition) is 1. The minimum Gasteiger partial charge on any atom is -0.378 e. The molecule has 94 valence electrons. The number of halogens is 3. The fraction of sp³-hybridized carbons (Fsp3) is 0.143. The minimum atomic E-state index is -0.889. The van der Waals surface area contributed by atoms with Gasteiger partial charge in [0.25, 0.3) is 0 Å². The van der Waals surface area contributed by atoms with Crippen molar-refractivity contribution in [3.05, 3.63) is 65.5 Å². The molecule has 0 aromatic heterocycles. The van der Waals surface area contributed by atoms with Gasteiger partial charge in [-0.05, 0) is 31.2 Å². The molecule has 0 aliphatic rings. The molecule has 18 heavy (non-hydrogen) atoms. The Labute approximate surface area is 103 Å². The molecule has 2 rings (SSSR count). The van der Waals surface area contributed by atoms with Crippen LogP contribution in [-0.4, -0.2) is 0 Å². The zero-order chi connectivity index (χ0) is 13.1. The topological polar surface area (TPSA) is 12.0 Å². The van der Waals surface area contributed by atoms with E-state index in [1.165, 1.54) is 24.3 Å². The zero-order valence-electron chi connectivity index (χ0n) is 9.75. The molecule has 0 spiro atoms. The number of rotatable bonds is 3. The highest BCUT2D eigenvalue weighted by Crippen LogP contribution is 2.23. The van der Waals surface area contributed by atoms with Gasteiger partial charge in [0.1, 0.15) is 5.82 Å². The minimum absolute atomic E-state index is 0.208. The second kappa shape index (κ2) is 5.12. The lowest BCUT2D eigenvalue weighted by molar-refractivity contribution is 0.494. The Balaban J connectivity index is 2.22. The maximum atomic E-state index is 13.5. The Morgan fingerprint density at radius 3 is 2.44 bits per heavy atom. The van der Waals surface area contributed by atoms with Crippen LogP contribution < -0.4 is 5.32 Å². The highest BCUT2D eigenvalue weighted by molar-refractivity contribution is 5.45. The fourth-order valence-corrected chi connectivity index (χ4v) is 1.76. The number of benzene rings is 2.